The second-order valence-electron chi connectivity index (χ2n) is 4.08. The van der Waals surface area contributed by atoms with Crippen molar-refractivity contribution in [1.29, 1.82) is 0 Å². The van der Waals surface area contributed by atoms with Crippen molar-refractivity contribution in [3.05, 3.63) is 23.5 Å². The van der Waals surface area contributed by atoms with Gasteiger partial charge in [0.05, 0.1) is 20.8 Å². The van der Waals surface area contributed by atoms with Gasteiger partial charge in [-0.25, -0.2) is 4.39 Å². The van der Waals surface area contributed by atoms with E-state index >= 15 is 0 Å². The number of hydrogen-bond acceptors (Lipinski definition) is 4. The summed E-state index contributed by atoms with van der Waals surface area (Å²) < 4.78 is 23.9. The van der Waals surface area contributed by atoms with Gasteiger partial charge < -0.3 is 20.3 Å². The third kappa shape index (κ3) is 2.35. The van der Waals surface area contributed by atoms with Crippen LogP contribution in [-0.2, 0) is 5.41 Å². The van der Waals surface area contributed by atoms with Gasteiger partial charge in [-0.05, 0) is 12.1 Å². The Morgan fingerprint density at radius 3 is 2.41 bits per heavy atom. The lowest BCUT2D eigenvalue weighted by atomic mass is 9.82. The fourth-order valence-corrected chi connectivity index (χ4v) is 1.73. The first kappa shape index (κ1) is 13.7. The summed E-state index contributed by atoms with van der Waals surface area (Å²) in [4.78, 5) is 0. The van der Waals surface area contributed by atoms with Crippen LogP contribution >= 0.6 is 0 Å². The van der Waals surface area contributed by atoms with Crippen LogP contribution in [0.3, 0.4) is 0 Å². The molecule has 0 heterocycles. The van der Waals surface area contributed by atoms with Gasteiger partial charge in [0.15, 0.2) is 11.6 Å². The van der Waals surface area contributed by atoms with Gasteiger partial charge in [0, 0.05) is 17.5 Å². The van der Waals surface area contributed by atoms with Crippen LogP contribution < -0.4 is 15.2 Å². The molecular formula is C12H18FNO3. The zero-order valence-electron chi connectivity index (χ0n) is 10.3. The van der Waals surface area contributed by atoms with E-state index in [1.54, 1.807) is 6.92 Å². The standard InChI is InChI=1S/C12H18FNO3/c1-12(6-14,7-15)10-9(16-2)5-4-8(13)11(10)17-3/h4-5,15H,6-7,14H2,1-3H3. The molecule has 5 heteroatoms. The van der Waals surface area contributed by atoms with Crippen LogP contribution in [0.1, 0.15) is 12.5 Å². The Balaban J connectivity index is 3.51. The summed E-state index contributed by atoms with van der Waals surface area (Å²) in [5.41, 5.74) is 5.30. The molecule has 96 valence electrons. The second-order valence-corrected chi connectivity index (χ2v) is 4.08. The van der Waals surface area contributed by atoms with Gasteiger partial charge in [-0.2, -0.15) is 0 Å². The van der Waals surface area contributed by atoms with Gasteiger partial charge in [0.1, 0.15) is 5.75 Å². The Morgan fingerprint density at radius 1 is 1.35 bits per heavy atom. The van der Waals surface area contributed by atoms with Gasteiger partial charge in [-0.3, -0.25) is 0 Å². The van der Waals surface area contributed by atoms with Crippen molar-refractivity contribution >= 4 is 0 Å². The molecule has 1 rings (SSSR count). The normalized spacial score (nSPS) is 14.2. The molecule has 0 spiro atoms. The van der Waals surface area contributed by atoms with Crippen LogP contribution in [0, 0.1) is 5.82 Å². The van der Waals surface area contributed by atoms with E-state index < -0.39 is 11.2 Å². The van der Waals surface area contributed by atoms with Crippen molar-refractivity contribution in [2.45, 2.75) is 12.3 Å². The first-order valence-electron chi connectivity index (χ1n) is 5.26. The highest BCUT2D eigenvalue weighted by Crippen LogP contribution is 2.40. The highest BCUT2D eigenvalue weighted by molar-refractivity contribution is 5.50. The van der Waals surface area contributed by atoms with Crippen molar-refractivity contribution in [3.8, 4) is 11.5 Å². The lowest BCUT2D eigenvalue weighted by molar-refractivity contribution is 0.201. The summed E-state index contributed by atoms with van der Waals surface area (Å²) in [6.45, 7) is 1.66. The lowest BCUT2D eigenvalue weighted by Gasteiger charge is -2.29. The molecule has 0 saturated heterocycles. The molecule has 0 aromatic heterocycles. The number of methoxy groups -OCH3 is 2. The maximum Gasteiger partial charge on any atom is 0.165 e. The Labute approximate surface area is 100 Å². The Bertz CT molecular complexity index is 392. The predicted octanol–water partition coefficient (Wildman–Crippen LogP) is 1.05. The van der Waals surface area contributed by atoms with E-state index in [4.69, 9.17) is 15.2 Å². The number of hydrogen-bond donors (Lipinski definition) is 2. The van der Waals surface area contributed by atoms with Crippen molar-refractivity contribution in [2.75, 3.05) is 27.4 Å². The van der Waals surface area contributed by atoms with E-state index in [0.717, 1.165) is 0 Å². The van der Waals surface area contributed by atoms with E-state index in [-0.39, 0.29) is 18.9 Å². The molecule has 1 unspecified atom stereocenters. The van der Waals surface area contributed by atoms with E-state index in [2.05, 4.69) is 0 Å². The molecule has 1 aromatic rings. The summed E-state index contributed by atoms with van der Waals surface area (Å²) >= 11 is 0. The molecule has 0 amide bonds. The van der Waals surface area contributed by atoms with Gasteiger partial charge in [0.25, 0.3) is 0 Å². The maximum absolute atomic E-state index is 13.7. The van der Waals surface area contributed by atoms with Crippen molar-refractivity contribution in [1.82, 2.24) is 0 Å². The molecule has 0 aliphatic rings. The smallest absolute Gasteiger partial charge is 0.165 e. The predicted molar refractivity (Wildman–Crippen MR) is 63.0 cm³/mol. The van der Waals surface area contributed by atoms with Crippen LogP contribution in [0.15, 0.2) is 12.1 Å². The molecular weight excluding hydrogens is 225 g/mol. The minimum atomic E-state index is -0.807. The lowest BCUT2D eigenvalue weighted by Crippen LogP contribution is -2.36. The van der Waals surface area contributed by atoms with Gasteiger partial charge >= 0.3 is 0 Å². The minimum Gasteiger partial charge on any atom is -0.496 e. The molecule has 0 saturated carbocycles. The zero-order valence-corrected chi connectivity index (χ0v) is 10.3. The third-order valence-electron chi connectivity index (χ3n) is 2.90. The van der Waals surface area contributed by atoms with Crippen LogP contribution in [0.4, 0.5) is 4.39 Å². The molecule has 1 aromatic carbocycles. The molecule has 0 radical (unpaired) electrons. The number of nitrogens with two attached hydrogens (primary N) is 1. The molecule has 0 fully saturated rings. The molecule has 17 heavy (non-hydrogen) atoms. The maximum atomic E-state index is 13.7. The average molecular weight is 243 g/mol. The first-order chi connectivity index (χ1) is 8.03. The largest absolute Gasteiger partial charge is 0.496 e. The molecule has 4 nitrogen and oxygen atoms in total. The number of benzene rings is 1. The molecule has 3 N–H and O–H groups in total. The number of halogens is 1. The van der Waals surface area contributed by atoms with Crippen molar-refractivity contribution < 1.29 is 19.0 Å². The summed E-state index contributed by atoms with van der Waals surface area (Å²) in [6.07, 6.45) is 0. The fraction of sp³-hybridized carbons (Fsp3) is 0.500. The van der Waals surface area contributed by atoms with Crippen LogP contribution in [-0.4, -0.2) is 32.5 Å². The van der Waals surface area contributed by atoms with Gasteiger partial charge in [0.2, 0.25) is 0 Å². The Hall–Kier alpha value is -1.33. The summed E-state index contributed by atoms with van der Waals surface area (Å²) in [7, 11) is 2.85. The first-order valence-corrected chi connectivity index (χ1v) is 5.26. The SMILES string of the molecule is COc1ccc(F)c(OC)c1C(C)(CN)CO. The third-order valence-corrected chi connectivity index (χ3v) is 2.90. The second kappa shape index (κ2) is 5.33. The average Bonchev–Trinajstić information content (AvgIpc) is 2.37. The highest BCUT2D eigenvalue weighted by atomic mass is 19.1. The number of rotatable bonds is 5. The fourth-order valence-electron chi connectivity index (χ4n) is 1.73. The summed E-state index contributed by atoms with van der Waals surface area (Å²) in [5, 5.41) is 9.46. The Morgan fingerprint density at radius 2 is 2.00 bits per heavy atom. The van der Waals surface area contributed by atoms with E-state index in [1.165, 1.54) is 26.4 Å². The number of ether oxygens (including phenoxy) is 2. The van der Waals surface area contributed by atoms with Gasteiger partial charge in [-0.1, -0.05) is 6.92 Å². The highest BCUT2D eigenvalue weighted by Gasteiger charge is 2.33. The van der Waals surface area contributed by atoms with Crippen molar-refractivity contribution in [3.63, 3.8) is 0 Å². The number of aliphatic hydroxyl groups is 1. The quantitative estimate of drug-likeness (QED) is 0.811. The minimum absolute atomic E-state index is 0.0614. The summed E-state index contributed by atoms with van der Waals surface area (Å²) in [6, 6.07) is 2.76. The summed E-state index contributed by atoms with van der Waals surface area (Å²) in [5.74, 6) is 0.00743. The van der Waals surface area contributed by atoms with Crippen molar-refractivity contribution in [2.24, 2.45) is 5.73 Å². The molecule has 1 atom stereocenters. The van der Waals surface area contributed by atoms with Crippen LogP contribution in [0.25, 0.3) is 0 Å². The molecule has 0 bridgehead atoms. The van der Waals surface area contributed by atoms with E-state index in [0.29, 0.717) is 11.3 Å². The van der Waals surface area contributed by atoms with Gasteiger partial charge in [-0.15, -0.1) is 0 Å². The van der Waals surface area contributed by atoms with Crippen LogP contribution in [0.5, 0.6) is 11.5 Å². The zero-order chi connectivity index (χ0) is 13.1. The monoisotopic (exact) mass is 243 g/mol. The topological polar surface area (TPSA) is 64.7 Å². The van der Waals surface area contributed by atoms with Crippen LogP contribution in [0.2, 0.25) is 0 Å². The Kier molecular flexibility index (Phi) is 4.31. The van der Waals surface area contributed by atoms with E-state index in [1.807, 2.05) is 0 Å². The molecule has 0 aliphatic heterocycles. The molecule has 0 aliphatic carbocycles. The number of aliphatic hydroxyl groups excluding tert-OH is 1. The van der Waals surface area contributed by atoms with E-state index in [9.17, 15) is 9.50 Å².